The van der Waals surface area contributed by atoms with Crippen molar-refractivity contribution in [1.29, 1.82) is 0 Å². The zero-order valence-electron chi connectivity index (χ0n) is 19.4. The minimum Gasteiger partial charge on any atom is -0.460 e. The summed E-state index contributed by atoms with van der Waals surface area (Å²) < 4.78 is 5.92. The van der Waals surface area contributed by atoms with Gasteiger partial charge in [-0.1, -0.05) is 41.5 Å². The Kier molecular flexibility index (Phi) is 6.13. The molecule has 0 fully saturated rings. The van der Waals surface area contributed by atoms with Crippen LogP contribution in [0.3, 0.4) is 0 Å². The van der Waals surface area contributed by atoms with Gasteiger partial charge in [0, 0.05) is 29.6 Å². The Hall–Kier alpha value is -3.55. The van der Waals surface area contributed by atoms with Gasteiger partial charge in [0.2, 0.25) is 5.88 Å². The van der Waals surface area contributed by atoms with E-state index in [1.807, 2.05) is 48.7 Å². The van der Waals surface area contributed by atoms with Crippen LogP contribution in [0.15, 0.2) is 97.3 Å². The molecule has 0 saturated carbocycles. The van der Waals surface area contributed by atoms with Gasteiger partial charge in [-0.3, -0.25) is 4.98 Å². The fourth-order valence-electron chi connectivity index (χ4n) is 4.82. The zero-order valence-corrected chi connectivity index (χ0v) is 21.6. The summed E-state index contributed by atoms with van der Waals surface area (Å²) in [5, 5.41) is 0. The van der Waals surface area contributed by atoms with E-state index >= 15 is 0 Å². The number of benzene rings is 3. The quantitative estimate of drug-likeness (QED) is 0.197. The van der Waals surface area contributed by atoms with Crippen molar-refractivity contribution < 1.29 is 25.8 Å². The first-order chi connectivity index (χ1) is 16.6. The van der Waals surface area contributed by atoms with Crippen LogP contribution in [-0.4, -0.2) is 9.97 Å². The molecule has 2 heterocycles. The van der Waals surface area contributed by atoms with Crippen LogP contribution in [0.2, 0.25) is 0 Å². The van der Waals surface area contributed by atoms with Gasteiger partial charge in [0.15, 0.2) is 0 Å². The summed E-state index contributed by atoms with van der Waals surface area (Å²) in [5.74, 6) is 1.17. The number of nitrogens with zero attached hydrogens (tertiary/aromatic N) is 2. The largest absolute Gasteiger partial charge is 2.00 e. The Bertz CT molecular complexity index is 1520. The molecule has 3 nitrogen and oxygen atoms in total. The zero-order chi connectivity index (χ0) is 23.1. The van der Waals surface area contributed by atoms with E-state index < -0.39 is 5.41 Å². The second-order valence-electron chi connectivity index (χ2n) is 8.75. The number of rotatable bonds is 4. The van der Waals surface area contributed by atoms with Crippen molar-refractivity contribution >= 4 is 0 Å². The Morgan fingerprint density at radius 1 is 0.743 bits per heavy atom. The van der Waals surface area contributed by atoms with Crippen molar-refractivity contribution in [2.75, 3.05) is 0 Å². The Morgan fingerprint density at radius 2 is 1.57 bits per heavy atom. The number of ether oxygens (including phenoxy) is 1. The molecule has 6 rings (SSSR count). The first-order valence-corrected chi connectivity index (χ1v) is 11.3. The molecule has 0 aliphatic heterocycles. The number of aryl methyl sites for hydroxylation is 1. The summed E-state index contributed by atoms with van der Waals surface area (Å²) in [6, 6.07) is 35.8. The molecular weight excluding hydrogens is 611 g/mol. The van der Waals surface area contributed by atoms with Crippen molar-refractivity contribution in [1.82, 2.24) is 9.97 Å². The molecule has 0 amide bonds. The minimum absolute atomic E-state index is 0. The van der Waals surface area contributed by atoms with Gasteiger partial charge in [-0.2, -0.15) is 24.3 Å². The predicted octanol–water partition coefficient (Wildman–Crippen LogP) is 7.18. The maximum absolute atomic E-state index is 5.92. The Morgan fingerprint density at radius 3 is 2.40 bits per heavy atom. The van der Waals surface area contributed by atoms with Gasteiger partial charge in [-0.25, -0.2) is 16.1 Å². The van der Waals surface area contributed by atoms with Crippen LogP contribution in [0, 0.1) is 19.1 Å². The van der Waals surface area contributed by atoms with Gasteiger partial charge in [0.1, 0.15) is 0 Å². The van der Waals surface area contributed by atoms with Gasteiger partial charge >= 0.3 is 21.1 Å². The number of aromatic nitrogens is 2. The average Bonchev–Trinajstić information content (AvgIpc) is 3.14. The molecule has 0 saturated heterocycles. The van der Waals surface area contributed by atoms with E-state index in [0.717, 1.165) is 22.4 Å². The van der Waals surface area contributed by atoms with Gasteiger partial charge < -0.3 is 4.74 Å². The molecule has 0 N–H and O–H groups in total. The molecular formula is C31H22N2OPt. The predicted molar refractivity (Wildman–Crippen MR) is 134 cm³/mol. The summed E-state index contributed by atoms with van der Waals surface area (Å²) in [5.41, 5.74) is 8.55. The third-order valence-electron chi connectivity index (χ3n) is 6.54. The van der Waals surface area contributed by atoms with E-state index in [0.29, 0.717) is 11.6 Å². The standard InChI is InChI=1S/C31H22N2O.Pt/c1-21-15-17-32-29(18-21)31(2)27-11-4-3-10-25(27)26-14-13-23(20-28(26)31)22-8-7-9-24(19-22)34-30-12-5-6-16-33-30;/h3-18H,1-2H3;/q-2;+2. The van der Waals surface area contributed by atoms with Gasteiger partial charge in [0.25, 0.3) is 0 Å². The molecule has 3 aromatic carbocycles. The number of hydrogen-bond acceptors (Lipinski definition) is 3. The summed E-state index contributed by atoms with van der Waals surface area (Å²) in [7, 11) is 0. The van der Waals surface area contributed by atoms with E-state index in [4.69, 9.17) is 9.72 Å². The third kappa shape index (κ3) is 4.00. The van der Waals surface area contributed by atoms with Crippen LogP contribution in [0.4, 0.5) is 0 Å². The summed E-state index contributed by atoms with van der Waals surface area (Å²) in [6.45, 7) is 4.36. The fourth-order valence-corrected chi connectivity index (χ4v) is 4.82. The van der Waals surface area contributed by atoms with Crippen LogP contribution in [-0.2, 0) is 26.5 Å². The van der Waals surface area contributed by atoms with Crippen LogP contribution in [0.1, 0.15) is 29.3 Å². The summed E-state index contributed by atoms with van der Waals surface area (Å²) in [6.07, 6.45) is 3.61. The number of pyridine rings is 2. The molecule has 35 heavy (non-hydrogen) atoms. The molecule has 1 aliphatic rings. The normalized spacial score (nSPS) is 15.6. The molecule has 5 aromatic rings. The minimum atomic E-state index is -0.393. The average molecular weight is 634 g/mol. The van der Waals surface area contributed by atoms with Crippen molar-refractivity contribution in [2.24, 2.45) is 0 Å². The van der Waals surface area contributed by atoms with Gasteiger partial charge in [0.05, 0.1) is 5.69 Å². The second-order valence-corrected chi connectivity index (χ2v) is 8.75. The summed E-state index contributed by atoms with van der Waals surface area (Å²) in [4.78, 5) is 9.05. The third-order valence-corrected chi connectivity index (χ3v) is 6.54. The Labute approximate surface area is 220 Å². The van der Waals surface area contributed by atoms with Crippen LogP contribution in [0.5, 0.6) is 11.6 Å². The summed E-state index contributed by atoms with van der Waals surface area (Å²) >= 11 is 0. The van der Waals surface area contributed by atoms with Gasteiger partial charge in [-0.15, -0.1) is 23.8 Å². The maximum atomic E-state index is 5.92. The second kappa shape index (κ2) is 9.24. The molecule has 4 heteroatoms. The van der Waals surface area contributed by atoms with Crippen LogP contribution < -0.4 is 4.74 Å². The molecule has 172 valence electrons. The maximum Gasteiger partial charge on any atom is 2.00 e. The molecule has 0 radical (unpaired) electrons. The van der Waals surface area contributed by atoms with E-state index in [2.05, 4.69) is 73.4 Å². The monoisotopic (exact) mass is 633 g/mol. The SMILES string of the molecule is Cc1ccnc(C2(C)c3[c-]c(-c4[c-]c(Oc5ccccn5)ccc4)ccc3-c3ccccc32)c1.[Pt+2]. The molecule has 1 unspecified atom stereocenters. The van der Waals surface area contributed by atoms with Crippen LogP contribution >= 0.6 is 0 Å². The smallest absolute Gasteiger partial charge is 0.460 e. The molecule has 0 bridgehead atoms. The van der Waals surface area contributed by atoms with Crippen molar-refractivity contribution in [3.05, 3.63) is 132 Å². The number of fused-ring (bicyclic) bond motifs is 3. The molecule has 1 aliphatic carbocycles. The molecule has 0 spiro atoms. The van der Waals surface area contributed by atoms with E-state index in [1.165, 1.54) is 22.3 Å². The van der Waals surface area contributed by atoms with E-state index in [-0.39, 0.29) is 21.1 Å². The van der Waals surface area contributed by atoms with Gasteiger partial charge in [-0.05, 0) is 43.2 Å². The van der Waals surface area contributed by atoms with E-state index in [1.54, 1.807) is 6.20 Å². The van der Waals surface area contributed by atoms with Crippen molar-refractivity contribution in [3.63, 3.8) is 0 Å². The van der Waals surface area contributed by atoms with Crippen LogP contribution in [0.25, 0.3) is 22.3 Å². The van der Waals surface area contributed by atoms with Crippen molar-refractivity contribution in [2.45, 2.75) is 19.3 Å². The van der Waals surface area contributed by atoms with Crippen molar-refractivity contribution in [3.8, 4) is 33.9 Å². The topological polar surface area (TPSA) is 35.0 Å². The molecule has 2 aromatic heterocycles. The fraction of sp³-hybridized carbons (Fsp3) is 0.0968. The number of hydrogen-bond donors (Lipinski definition) is 0. The van der Waals surface area contributed by atoms with E-state index in [9.17, 15) is 0 Å². The Balaban J connectivity index is 0.00000253. The first kappa shape index (κ1) is 23.2. The molecule has 1 atom stereocenters. The first-order valence-electron chi connectivity index (χ1n) is 11.3.